The summed E-state index contributed by atoms with van der Waals surface area (Å²) in [4.78, 5) is 32.0. The number of likely N-dealkylation sites (tertiary alicyclic amines) is 1. The van der Waals surface area contributed by atoms with Crippen molar-refractivity contribution in [2.24, 2.45) is 5.92 Å². The van der Waals surface area contributed by atoms with Crippen LogP contribution in [0.3, 0.4) is 0 Å². The van der Waals surface area contributed by atoms with Crippen LogP contribution in [0, 0.1) is 12.8 Å². The number of aliphatic hydroxyl groups is 1. The van der Waals surface area contributed by atoms with E-state index < -0.39 is 28.4 Å². The number of ether oxygens (including phenoxy) is 1. The topological polar surface area (TPSA) is 119 Å². The van der Waals surface area contributed by atoms with E-state index in [1.54, 1.807) is 13.0 Å². The lowest BCUT2D eigenvalue weighted by Gasteiger charge is -2.60. The fraction of sp³-hybridized carbons (Fsp3) is 0.565. The largest absolute Gasteiger partial charge is 0.504 e. The molecule has 0 unspecified atom stereocenters. The highest BCUT2D eigenvalue weighted by Gasteiger charge is 2.69. The summed E-state index contributed by atoms with van der Waals surface area (Å²) in [6.45, 7) is 5.27. The van der Waals surface area contributed by atoms with E-state index in [9.17, 15) is 19.8 Å². The van der Waals surface area contributed by atoms with Crippen molar-refractivity contribution in [3.8, 4) is 11.5 Å². The van der Waals surface area contributed by atoms with Crippen molar-refractivity contribution >= 4 is 0 Å². The fourth-order valence-electron chi connectivity index (χ4n) is 6.42. The second kappa shape index (κ2) is 6.01. The molecule has 1 saturated carbocycles. The molecule has 2 fully saturated rings. The van der Waals surface area contributed by atoms with Gasteiger partial charge < -0.3 is 19.9 Å². The second-order valence-corrected chi connectivity index (χ2v) is 9.92. The van der Waals surface area contributed by atoms with Gasteiger partial charge >= 0.3 is 5.69 Å². The number of aromatic hydroxyl groups is 1. The molecule has 0 radical (unpaired) electrons. The van der Waals surface area contributed by atoms with E-state index in [1.165, 1.54) is 12.8 Å². The summed E-state index contributed by atoms with van der Waals surface area (Å²) < 4.78 is 6.33. The number of aromatic amines is 2. The smallest absolute Gasteiger partial charge is 0.326 e. The average molecular weight is 425 g/mol. The van der Waals surface area contributed by atoms with E-state index in [0.717, 1.165) is 24.2 Å². The number of aromatic nitrogens is 2. The van der Waals surface area contributed by atoms with Crippen molar-refractivity contribution < 1.29 is 14.9 Å². The molecule has 8 heteroatoms. The number of piperidine rings is 1. The number of hydrogen-bond acceptors (Lipinski definition) is 6. The molecule has 2 bridgehead atoms. The summed E-state index contributed by atoms with van der Waals surface area (Å²) in [5.74, 6) is 1.07. The number of phenolic OH excluding ortho intramolecular Hbond substituents is 1. The highest BCUT2D eigenvalue weighted by molar-refractivity contribution is 5.62. The predicted molar refractivity (Wildman–Crippen MR) is 113 cm³/mol. The first-order chi connectivity index (χ1) is 14.7. The maximum absolute atomic E-state index is 12.4. The Kier molecular flexibility index (Phi) is 3.71. The van der Waals surface area contributed by atoms with Crippen molar-refractivity contribution in [3.63, 3.8) is 0 Å². The van der Waals surface area contributed by atoms with Gasteiger partial charge in [-0.15, -0.1) is 0 Å². The Hall–Kier alpha value is -2.58. The minimum atomic E-state index is -1.18. The van der Waals surface area contributed by atoms with Gasteiger partial charge in [-0.3, -0.25) is 14.7 Å². The molecule has 2 aromatic rings. The van der Waals surface area contributed by atoms with Gasteiger partial charge in [0.2, 0.25) is 0 Å². The minimum absolute atomic E-state index is 0.0140. The molecule has 1 saturated heterocycles. The lowest BCUT2D eigenvalue weighted by Crippen LogP contribution is -2.71. The van der Waals surface area contributed by atoms with Crippen molar-refractivity contribution in [2.75, 3.05) is 13.1 Å². The van der Waals surface area contributed by atoms with Crippen molar-refractivity contribution in [1.29, 1.82) is 0 Å². The number of phenols is 1. The first-order valence-corrected chi connectivity index (χ1v) is 11.1. The summed E-state index contributed by atoms with van der Waals surface area (Å²) in [7, 11) is 0. The van der Waals surface area contributed by atoms with Crippen molar-refractivity contribution in [3.05, 3.63) is 55.4 Å². The number of fused-ring (bicyclic) bond motifs is 1. The van der Waals surface area contributed by atoms with Crippen molar-refractivity contribution in [1.82, 2.24) is 14.9 Å². The Bertz CT molecular complexity index is 1210. The van der Waals surface area contributed by atoms with E-state index in [1.807, 2.05) is 13.0 Å². The molecule has 6 rings (SSSR count). The van der Waals surface area contributed by atoms with E-state index in [-0.39, 0.29) is 11.8 Å². The van der Waals surface area contributed by atoms with Gasteiger partial charge in [-0.1, -0.05) is 6.07 Å². The second-order valence-electron chi connectivity index (χ2n) is 9.92. The third-order valence-corrected chi connectivity index (χ3v) is 8.22. The molecule has 8 nitrogen and oxygen atoms in total. The van der Waals surface area contributed by atoms with Gasteiger partial charge in [0.25, 0.3) is 5.56 Å². The maximum atomic E-state index is 12.4. The van der Waals surface area contributed by atoms with Gasteiger partial charge in [-0.05, 0) is 63.6 Å². The Morgan fingerprint density at radius 3 is 2.77 bits per heavy atom. The van der Waals surface area contributed by atoms with Crippen LogP contribution < -0.4 is 16.0 Å². The normalized spacial score (nSPS) is 33.8. The molecule has 2 aliphatic heterocycles. The predicted octanol–water partition coefficient (Wildman–Crippen LogP) is 1.24. The summed E-state index contributed by atoms with van der Waals surface area (Å²) >= 11 is 0. The summed E-state index contributed by atoms with van der Waals surface area (Å²) in [5, 5.41) is 22.8. The summed E-state index contributed by atoms with van der Waals surface area (Å²) in [6.07, 6.45) is 2.98. The number of rotatable bonds is 3. The van der Waals surface area contributed by atoms with Crippen molar-refractivity contribution in [2.45, 2.75) is 62.7 Å². The molecule has 1 spiro atoms. The number of benzene rings is 1. The van der Waals surface area contributed by atoms with E-state index in [2.05, 4.69) is 14.9 Å². The monoisotopic (exact) mass is 425 g/mol. The first-order valence-electron chi connectivity index (χ1n) is 11.1. The van der Waals surface area contributed by atoms with Gasteiger partial charge in [0.15, 0.2) is 17.6 Å². The number of nitrogens with zero attached hydrogens (tertiary/aromatic N) is 1. The van der Waals surface area contributed by atoms with Crippen LogP contribution in [0.15, 0.2) is 21.7 Å². The van der Waals surface area contributed by atoms with Crippen LogP contribution in [0.25, 0.3) is 0 Å². The van der Waals surface area contributed by atoms with Gasteiger partial charge in [-0.25, -0.2) is 4.79 Å². The number of H-pyrrole nitrogens is 2. The van der Waals surface area contributed by atoms with Gasteiger partial charge in [0.05, 0.1) is 16.7 Å². The van der Waals surface area contributed by atoms with E-state index in [4.69, 9.17) is 4.74 Å². The quantitative estimate of drug-likeness (QED) is 0.588. The zero-order valence-electron chi connectivity index (χ0n) is 17.7. The Balaban J connectivity index is 1.59. The molecule has 4 N–H and O–H groups in total. The summed E-state index contributed by atoms with van der Waals surface area (Å²) in [5.41, 5.74) is -0.536. The zero-order valence-corrected chi connectivity index (χ0v) is 17.7. The van der Waals surface area contributed by atoms with Crippen LogP contribution in [0.1, 0.15) is 54.7 Å². The molecule has 3 heterocycles. The van der Waals surface area contributed by atoms with Gasteiger partial charge in [0, 0.05) is 23.7 Å². The van der Waals surface area contributed by atoms with Gasteiger partial charge in [0.1, 0.15) is 0 Å². The van der Waals surface area contributed by atoms with Crippen LogP contribution in [0.4, 0.5) is 0 Å². The van der Waals surface area contributed by atoms with E-state index in [0.29, 0.717) is 35.8 Å². The molecular weight excluding hydrogens is 398 g/mol. The van der Waals surface area contributed by atoms with E-state index >= 15 is 0 Å². The molecule has 0 amide bonds. The molecule has 2 aliphatic carbocycles. The highest BCUT2D eigenvalue weighted by atomic mass is 16.5. The van der Waals surface area contributed by atoms with Crippen LogP contribution in [-0.4, -0.2) is 49.8 Å². The zero-order chi connectivity index (χ0) is 21.7. The van der Waals surface area contributed by atoms with Gasteiger partial charge in [-0.2, -0.15) is 0 Å². The number of nitrogens with one attached hydrogen (secondary N) is 2. The molecule has 1 aromatic heterocycles. The molecule has 1 aromatic carbocycles. The SMILES string of the molecule is Cc1c([C@@H]2Oc3c(O)ccc4c3[C@@]23CCN(CC2CC2)[C@H](C4)[C@@]3(C)O)[nH]c(=O)[nH]c1=O. The summed E-state index contributed by atoms with van der Waals surface area (Å²) in [6, 6.07) is 3.45. The molecular formula is C23H27N3O5. The third-order valence-electron chi connectivity index (χ3n) is 8.22. The third kappa shape index (κ3) is 2.37. The lowest BCUT2D eigenvalue weighted by atomic mass is 9.53. The Morgan fingerprint density at radius 2 is 2.03 bits per heavy atom. The molecule has 4 aliphatic rings. The fourth-order valence-corrected chi connectivity index (χ4v) is 6.42. The number of hydrogen-bond donors (Lipinski definition) is 4. The van der Waals surface area contributed by atoms with Crippen LogP contribution >= 0.6 is 0 Å². The first kappa shape index (κ1) is 19.1. The average Bonchev–Trinajstić information content (AvgIpc) is 3.44. The Morgan fingerprint density at radius 1 is 1.26 bits per heavy atom. The standard InChI is InChI=1S/C23H27N3O5/c1-11-17(24-21(29)25-20(11)28)19-23-7-8-26(10-12-3-4-12)15(22(23,2)30)9-13-5-6-14(27)18(31-19)16(13)23/h5-6,12,15,19,27,30H,3-4,7-10H2,1-2H3,(H2,24,25,28,29)/t15-,19+,22-,23+/m1/s1. The minimum Gasteiger partial charge on any atom is -0.504 e. The molecule has 164 valence electrons. The van der Waals surface area contributed by atoms with Crippen LogP contribution in [0.2, 0.25) is 0 Å². The molecule has 4 atom stereocenters. The van der Waals surface area contributed by atoms with Crippen LogP contribution in [0.5, 0.6) is 11.5 Å². The van der Waals surface area contributed by atoms with Crippen LogP contribution in [-0.2, 0) is 11.8 Å². The Labute approximate surface area is 178 Å². The maximum Gasteiger partial charge on any atom is 0.326 e. The highest BCUT2D eigenvalue weighted by Crippen LogP contribution is 2.65. The lowest BCUT2D eigenvalue weighted by molar-refractivity contribution is -0.156. The molecule has 31 heavy (non-hydrogen) atoms.